The smallest absolute Gasteiger partial charge is 0.382 e. The largest absolute Gasteiger partial charge is 0.472 e. The lowest BCUT2D eigenvalue weighted by Crippen LogP contribution is -1.85. The molecule has 1 aromatic heterocycles. The van der Waals surface area contributed by atoms with Gasteiger partial charge >= 0.3 is 5.97 Å². The Kier molecular flexibility index (Phi) is 2.21. The van der Waals surface area contributed by atoms with Crippen LogP contribution in [0.15, 0.2) is 30.3 Å². The van der Waals surface area contributed by atoms with Gasteiger partial charge in [-0.3, -0.25) is 0 Å². The molecule has 0 bridgehead atoms. The Morgan fingerprint density at radius 2 is 2.14 bits per heavy atom. The minimum absolute atomic E-state index is 0.786. The van der Waals surface area contributed by atoms with E-state index in [-0.39, 0.29) is 0 Å². The quantitative estimate of drug-likeness (QED) is 0.666. The van der Waals surface area contributed by atoms with Crippen molar-refractivity contribution in [2.45, 2.75) is 0 Å². The molecule has 3 heteroatoms. The highest BCUT2D eigenvalue weighted by Crippen LogP contribution is 2.24. The zero-order valence-electron chi connectivity index (χ0n) is 7.15. The van der Waals surface area contributed by atoms with Crippen LogP contribution < -0.4 is 0 Å². The maximum atomic E-state index is 10.2. The molecule has 2 aromatic rings. The number of carboxylic acid groups (broad SMARTS) is 1. The molecule has 0 aliphatic rings. The zero-order valence-corrected chi connectivity index (χ0v) is 7.97. The molecule has 0 amide bonds. The van der Waals surface area contributed by atoms with Crippen molar-refractivity contribution in [3.63, 3.8) is 0 Å². The van der Waals surface area contributed by atoms with Gasteiger partial charge in [0.1, 0.15) is 0 Å². The number of aliphatic carboxylic acids is 1. The number of carbonyl (C=O) groups is 1. The van der Waals surface area contributed by atoms with Gasteiger partial charge < -0.3 is 5.11 Å². The van der Waals surface area contributed by atoms with E-state index in [0.29, 0.717) is 0 Å². The molecule has 0 fully saturated rings. The molecule has 0 radical (unpaired) electrons. The van der Waals surface area contributed by atoms with Crippen molar-refractivity contribution in [1.82, 2.24) is 0 Å². The number of thiophene rings is 1. The highest BCUT2D eigenvalue weighted by atomic mass is 32.1. The molecule has 0 saturated carbocycles. The molecule has 0 unspecified atom stereocenters. The number of fused-ring (bicyclic) bond motifs is 1. The maximum Gasteiger partial charge on any atom is 0.382 e. The van der Waals surface area contributed by atoms with Crippen LogP contribution in [0.25, 0.3) is 10.1 Å². The molecule has 2 rings (SSSR count). The molecule has 2 nitrogen and oxygen atoms in total. The standard InChI is InChI=1S/C11H6O2S/c12-11(13)6-5-9-7-8-3-1-2-4-10(8)14-9/h1-4,7H,(H,12,13). The third-order valence-corrected chi connectivity index (χ3v) is 2.75. The van der Waals surface area contributed by atoms with Gasteiger partial charge in [-0.25, -0.2) is 4.79 Å². The van der Waals surface area contributed by atoms with E-state index in [1.165, 1.54) is 11.3 Å². The Labute approximate surface area is 84.8 Å². The van der Waals surface area contributed by atoms with E-state index in [4.69, 9.17) is 5.11 Å². The van der Waals surface area contributed by atoms with Crippen molar-refractivity contribution in [2.75, 3.05) is 0 Å². The Balaban J connectivity index is 2.47. The Morgan fingerprint density at radius 3 is 2.86 bits per heavy atom. The number of hydrogen-bond donors (Lipinski definition) is 1. The predicted octanol–water partition coefficient (Wildman–Crippen LogP) is 2.34. The maximum absolute atomic E-state index is 10.2. The normalized spacial score (nSPS) is 9.43. The first-order chi connectivity index (χ1) is 6.75. The molecule has 0 saturated heterocycles. The molecule has 1 N–H and O–H groups in total. The van der Waals surface area contributed by atoms with E-state index < -0.39 is 5.97 Å². The topological polar surface area (TPSA) is 37.3 Å². The van der Waals surface area contributed by atoms with Gasteiger partial charge in [0.2, 0.25) is 0 Å². The van der Waals surface area contributed by atoms with Crippen LogP contribution >= 0.6 is 11.3 Å². The van der Waals surface area contributed by atoms with Crippen molar-refractivity contribution in [1.29, 1.82) is 0 Å². The molecule has 0 aliphatic heterocycles. The van der Waals surface area contributed by atoms with Gasteiger partial charge in [-0.05, 0) is 23.4 Å². The van der Waals surface area contributed by atoms with Crippen molar-refractivity contribution < 1.29 is 9.90 Å². The summed E-state index contributed by atoms with van der Waals surface area (Å²) in [6, 6.07) is 9.77. The SMILES string of the molecule is O=C(O)C#Cc1cc2ccccc2s1. The molecular formula is C11H6O2S. The van der Waals surface area contributed by atoms with Crippen LogP contribution in [-0.4, -0.2) is 11.1 Å². The van der Waals surface area contributed by atoms with E-state index >= 15 is 0 Å². The van der Waals surface area contributed by atoms with Crippen LogP contribution in [0.2, 0.25) is 0 Å². The lowest BCUT2D eigenvalue weighted by Gasteiger charge is -1.82. The van der Waals surface area contributed by atoms with Crippen LogP contribution in [0.3, 0.4) is 0 Å². The van der Waals surface area contributed by atoms with E-state index in [1.807, 2.05) is 30.3 Å². The van der Waals surface area contributed by atoms with E-state index in [0.717, 1.165) is 15.0 Å². The van der Waals surface area contributed by atoms with Crippen molar-refractivity contribution >= 4 is 27.4 Å². The van der Waals surface area contributed by atoms with E-state index in [1.54, 1.807) is 0 Å². The highest BCUT2D eigenvalue weighted by Gasteiger charge is 1.97. The highest BCUT2D eigenvalue weighted by molar-refractivity contribution is 7.19. The molecule has 1 heterocycles. The van der Waals surface area contributed by atoms with Gasteiger partial charge in [0, 0.05) is 10.6 Å². The second kappa shape index (κ2) is 3.52. The van der Waals surface area contributed by atoms with Gasteiger partial charge in [-0.2, -0.15) is 0 Å². The van der Waals surface area contributed by atoms with Gasteiger partial charge in [0.15, 0.2) is 0 Å². The number of carboxylic acids is 1. The summed E-state index contributed by atoms with van der Waals surface area (Å²) in [6.07, 6.45) is 0. The predicted molar refractivity (Wildman–Crippen MR) is 56.3 cm³/mol. The second-order valence-corrected chi connectivity index (χ2v) is 3.79. The summed E-state index contributed by atoms with van der Waals surface area (Å²) < 4.78 is 1.13. The van der Waals surface area contributed by atoms with Crippen molar-refractivity contribution in [3.8, 4) is 11.8 Å². The minimum Gasteiger partial charge on any atom is -0.472 e. The van der Waals surface area contributed by atoms with Gasteiger partial charge in [0.25, 0.3) is 0 Å². The lowest BCUT2D eigenvalue weighted by molar-refractivity contribution is -0.130. The second-order valence-electron chi connectivity index (χ2n) is 2.70. The third kappa shape index (κ3) is 1.76. The van der Waals surface area contributed by atoms with Crippen LogP contribution in [0.5, 0.6) is 0 Å². The zero-order chi connectivity index (χ0) is 9.97. The molecule has 1 aromatic carbocycles. The van der Waals surface area contributed by atoms with Gasteiger partial charge in [0.05, 0.1) is 4.88 Å². The average molecular weight is 202 g/mol. The van der Waals surface area contributed by atoms with Crippen molar-refractivity contribution in [2.24, 2.45) is 0 Å². The summed E-state index contributed by atoms with van der Waals surface area (Å²) in [7, 11) is 0. The van der Waals surface area contributed by atoms with Crippen LogP contribution in [0.4, 0.5) is 0 Å². The summed E-state index contributed by atoms with van der Waals surface area (Å²) in [4.78, 5) is 11.0. The molecule has 0 atom stereocenters. The fourth-order valence-corrected chi connectivity index (χ4v) is 2.07. The van der Waals surface area contributed by atoms with Crippen molar-refractivity contribution in [3.05, 3.63) is 35.2 Å². The summed E-state index contributed by atoms with van der Waals surface area (Å²) in [5.41, 5.74) is 0. The van der Waals surface area contributed by atoms with Crippen LogP contribution in [0, 0.1) is 11.8 Å². The molecule has 0 aliphatic carbocycles. The van der Waals surface area contributed by atoms with Gasteiger partial charge in [-0.15, -0.1) is 11.3 Å². The van der Waals surface area contributed by atoms with Gasteiger partial charge in [-0.1, -0.05) is 18.2 Å². The number of benzene rings is 1. The Bertz CT molecular complexity index is 510. The van der Waals surface area contributed by atoms with Crippen LogP contribution in [0.1, 0.15) is 4.88 Å². The van der Waals surface area contributed by atoms with Crippen LogP contribution in [-0.2, 0) is 4.79 Å². The fourth-order valence-electron chi connectivity index (χ4n) is 1.16. The number of hydrogen-bond acceptors (Lipinski definition) is 2. The third-order valence-electron chi connectivity index (χ3n) is 1.72. The summed E-state index contributed by atoms with van der Waals surface area (Å²) in [5, 5.41) is 9.48. The van der Waals surface area contributed by atoms with E-state index in [2.05, 4.69) is 11.8 Å². The lowest BCUT2D eigenvalue weighted by atomic mass is 10.2. The van der Waals surface area contributed by atoms with E-state index in [9.17, 15) is 4.79 Å². The fraction of sp³-hybridized carbons (Fsp3) is 0. The molecular weight excluding hydrogens is 196 g/mol. The summed E-state index contributed by atoms with van der Waals surface area (Å²) in [5.74, 6) is 3.61. The summed E-state index contributed by atoms with van der Waals surface area (Å²) in [6.45, 7) is 0. The minimum atomic E-state index is -1.09. The molecule has 0 spiro atoms. The monoisotopic (exact) mass is 202 g/mol. The first kappa shape index (κ1) is 8.79. The Morgan fingerprint density at radius 1 is 1.36 bits per heavy atom. The molecule has 14 heavy (non-hydrogen) atoms. The average Bonchev–Trinajstić information content (AvgIpc) is 2.57. The summed E-state index contributed by atoms with van der Waals surface area (Å²) >= 11 is 1.50. The first-order valence-electron chi connectivity index (χ1n) is 3.99. The molecule has 68 valence electrons. The Hall–Kier alpha value is -1.79. The number of rotatable bonds is 0. The first-order valence-corrected chi connectivity index (χ1v) is 4.81.